The highest BCUT2D eigenvalue weighted by molar-refractivity contribution is 8.93. The third-order valence-corrected chi connectivity index (χ3v) is 2.18. The van der Waals surface area contributed by atoms with Crippen molar-refractivity contribution in [3.63, 3.8) is 0 Å². The highest BCUT2D eigenvalue weighted by atomic mass is 79.9. The minimum atomic E-state index is 0. The molecule has 1 nitrogen and oxygen atoms in total. The lowest BCUT2D eigenvalue weighted by Crippen LogP contribution is -1.74. The van der Waals surface area contributed by atoms with E-state index in [1.54, 1.807) is 24.3 Å². The Morgan fingerprint density at radius 1 is 0.688 bits per heavy atom. The number of halogens is 1. The fourth-order valence-electron chi connectivity index (χ4n) is 1.09. The van der Waals surface area contributed by atoms with Crippen LogP contribution in [0.2, 0.25) is 0 Å². The molecule has 0 saturated carbocycles. The van der Waals surface area contributed by atoms with Crippen molar-refractivity contribution >= 4 is 17.0 Å². The van der Waals surface area contributed by atoms with Crippen LogP contribution in [0.15, 0.2) is 54.6 Å². The minimum Gasteiger partial charge on any atom is -0.508 e. The van der Waals surface area contributed by atoms with Crippen molar-refractivity contribution in [1.82, 2.24) is 0 Å². The first-order valence-electron chi connectivity index (χ1n) is 4.96. The van der Waals surface area contributed by atoms with Crippen LogP contribution >= 0.6 is 17.0 Å². The highest BCUT2D eigenvalue weighted by Gasteiger charge is 1.83. The Labute approximate surface area is 108 Å². The van der Waals surface area contributed by atoms with Gasteiger partial charge in [0.2, 0.25) is 0 Å². The van der Waals surface area contributed by atoms with E-state index >= 15 is 0 Å². The zero-order valence-electron chi connectivity index (χ0n) is 9.55. The van der Waals surface area contributed by atoms with E-state index in [2.05, 4.69) is 38.1 Å². The molecule has 1 N–H and O–H groups in total. The molecule has 86 valence electrons. The van der Waals surface area contributed by atoms with Crippen LogP contribution in [0.5, 0.6) is 5.75 Å². The van der Waals surface area contributed by atoms with Crippen LogP contribution in [0, 0.1) is 13.8 Å². The smallest absolute Gasteiger partial charge is 0.115 e. The van der Waals surface area contributed by atoms with Gasteiger partial charge >= 0.3 is 0 Å². The molecule has 0 aliphatic rings. The number of phenolic OH excluding ortho intramolecular Hbond substituents is 1. The molecule has 0 aliphatic carbocycles. The third-order valence-electron chi connectivity index (χ3n) is 2.18. The molecule has 0 saturated heterocycles. The summed E-state index contributed by atoms with van der Waals surface area (Å²) in [6, 6.07) is 17.1. The predicted octanol–water partition coefficient (Wildman–Crippen LogP) is 4.27. The number of aromatic hydroxyl groups is 1. The highest BCUT2D eigenvalue weighted by Crippen LogP contribution is 2.03. The summed E-state index contributed by atoms with van der Waals surface area (Å²) in [6.45, 7) is 4.24. The van der Waals surface area contributed by atoms with Crippen LogP contribution < -0.4 is 0 Å². The van der Waals surface area contributed by atoms with Gasteiger partial charge in [-0.1, -0.05) is 42.5 Å². The molecule has 0 fully saturated rings. The third kappa shape index (κ3) is 5.56. The molecule has 0 spiro atoms. The van der Waals surface area contributed by atoms with Crippen molar-refractivity contribution in [3.8, 4) is 5.75 Å². The summed E-state index contributed by atoms with van der Waals surface area (Å²) in [6.07, 6.45) is 0. The Balaban J connectivity index is 0.000000267. The van der Waals surface area contributed by atoms with Crippen LogP contribution in [0.25, 0.3) is 0 Å². The van der Waals surface area contributed by atoms with Gasteiger partial charge in [0.15, 0.2) is 0 Å². The van der Waals surface area contributed by atoms with Crippen LogP contribution in [-0.4, -0.2) is 5.11 Å². The van der Waals surface area contributed by atoms with Gasteiger partial charge in [0, 0.05) is 0 Å². The summed E-state index contributed by atoms with van der Waals surface area (Å²) in [7, 11) is 0. The largest absolute Gasteiger partial charge is 0.508 e. The molecule has 16 heavy (non-hydrogen) atoms. The molecule has 0 radical (unpaired) electrons. The minimum absolute atomic E-state index is 0. The molecule has 2 heteroatoms. The number of benzene rings is 2. The second-order valence-electron chi connectivity index (χ2n) is 3.42. The Morgan fingerprint density at radius 3 is 1.31 bits per heavy atom. The summed E-state index contributed by atoms with van der Waals surface area (Å²) in [5, 5.41) is 8.63. The van der Waals surface area contributed by atoms with Crippen molar-refractivity contribution in [3.05, 3.63) is 65.7 Å². The van der Waals surface area contributed by atoms with Crippen LogP contribution in [-0.2, 0) is 0 Å². The Kier molecular flexibility index (Phi) is 7.31. The Morgan fingerprint density at radius 2 is 1.06 bits per heavy atom. The molecule has 0 amide bonds. The number of aryl methyl sites for hydroxylation is 2. The van der Waals surface area contributed by atoms with Crippen molar-refractivity contribution in [1.29, 1.82) is 0 Å². The van der Waals surface area contributed by atoms with E-state index in [1.165, 1.54) is 11.1 Å². The zero-order valence-corrected chi connectivity index (χ0v) is 11.3. The van der Waals surface area contributed by atoms with E-state index < -0.39 is 0 Å². The van der Waals surface area contributed by atoms with Crippen molar-refractivity contribution in [2.75, 3.05) is 0 Å². The van der Waals surface area contributed by atoms with Gasteiger partial charge < -0.3 is 5.11 Å². The number of phenols is 1. The van der Waals surface area contributed by atoms with E-state index in [4.69, 9.17) is 5.11 Å². The Hall–Kier alpha value is -1.28. The summed E-state index contributed by atoms with van der Waals surface area (Å²) in [4.78, 5) is 0. The first kappa shape index (κ1) is 14.7. The van der Waals surface area contributed by atoms with E-state index in [9.17, 15) is 0 Å². The molecule has 0 aromatic heterocycles. The van der Waals surface area contributed by atoms with Gasteiger partial charge in [-0.3, -0.25) is 0 Å². The van der Waals surface area contributed by atoms with Gasteiger partial charge in [0.05, 0.1) is 0 Å². The maximum atomic E-state index is 8.63. The molecule has 0 heterocycles. The van der Waals surface area contributed by atoms with Crippen molar-refractivity contribution in [2.45, 2.75) is 13.8 Å². The molecule has 2 aromatic carbocycles. The van der Waals surface area contributed by atoms with E-state index in [0.717, 1.165) is 0 Å². The van der Waals surface area contributed by atoms with Gasteiger partial charge in [-0.05, 0) is 37.1 Å². The molecule has 2 aromatic rings. The first-order chi connectivity index (χ1) is 7.20. The SMILES string of the molecule is Br.Cc1ccccc1C.Oc1ccccc1. The number of rotatable bonds is 0. The van der Waals surface area contributed by atoms with Crippen LogP contribution in [0.1, 0.15) is 11.1 Å². The molecule has 0 bridgehead atoms. The average Bonchev–Trinajstić information content (AvgIpc) is 2.25. The van der Waals surface area contributed by atoms with Gasteiger partial charge in [0.1, 0.15) is 5.75 Å². The number of hydrogen-bond donors (Lipinski definition) is 1. The molecule has 0 atom stereocenters. The second kappa shape index (κ2) is 7.94. The maximum absolute atomic E-state index is 8.63. The van der Waals surface area contributed by atoms with Crippen molar-refractivity contribution in [2.24, 2.45) is 0 Å². The zero-order chi connectivity index (χ0) is 11.1. The topological polar surface area (TPSA) is 20.2 Å². The van der Waals surface area contributed by atoms with E-state index in [-0.39, 0.29) is 17.0 Å². The second-order valence-corrected chi connectivity index (χ2v) is 3.42. The van der Waals surface area contributed by atoms with Crippen LogP contribution in [0.3, 0.4) is 0 Å². The van der Waals surface area contributed by atoms with Gasteiger partial charge in [0.25, 0.3) is 0 Å². The lowest BCUT2D eigenvalue weighted by Gasteiger charge is -1.93. The van der Waals surface area contributed by atoms with E-state index in [1.807, 2.05) is 6.07 Å². The average molecular weight is 281 g/mol. The summed E-state index contributed by atoms with van der Waals surface area (Å²) < 4.78 is 0. The molecule has 2 rings (SSSR count). The summed E-state index contributed by atoms with van der Waals surface area (Å²) in [5.41, 5.74) is 2.74. The quantitative estimate of drug-likeness (QED) is 0.764. The monoisotopic (exact) mass is 280 g/mol. The molecule has 0 aliphatic heterocycles. The maximum Gasteiger partial charge on any atom is 0.115 e. The summed E-state index contributed by atoms with van der Waals surface area (Å²) in [5.74, 6) is 0.322. The fraction of sp³-hybridized carbons (Fsp3) is 0.143. The predicted molar refractivity (Wildman–Crippen MR) is 74.3 cm³/mol. The van der Waals surface area contributed by atoms with Gasteiger partial charge in [-0.2, -0.15) is 0 Å². The van der Waals surface area contributed by atoms with Gasteiger partial charge in [-0.15, -0.1) is 17.0 Å². The lowest BCUT2D eigenvalue weighted by atomic mass is 10.1. The standard InChI is InChI=1S/C8H10.C6H6O.BrH/c1-7-5-3-4-6-8(7)2;7-6-4-2-1-3-5-6;/h3-6H,1-2H3;1-5,7H;1H. The molecular formula is C14H17BrO. The fourth-order valence-corrected chi connectivity index (χ4v) is 1.09. The molecule has 0 unspecified atom stereocenters. The van der Waals surface area contributed by atoms with Crippen molar-refractivity contribution < 1.29 is 5.11 Å². The number of hydrogen-bond acceptors (Lipinski definition) is 1. The lowest BCUT2D eigenvalue weighted by molar-refractivity contribution is 0.475. The molecular weight excluding hydrogens is 264 g/mol. The number of para-hydroxylation sites is 1. The Bertz CT molecular complexity index is 377. The summed E-state index contributed by atoms with van der Waals surface area (Å²) >= 11 is 0. The normalized spacial score (nSPS) is 8.38. The van der Waals surface area contributed by atoms with Gasteiger partial charge in [-0.25, -0.2) is 0 Å². The van der Waals surface area contributed by atoms with Crippen LogP contribution in [0.4, 0.5) is 0 Å². The van der Waals surface area contributed by atoms with E-state index in [0.29, 0.717) is 5.75 Å². The first-order valence-corrected chi connectivity index (χ1v) is 4.96.